The van der Waals surface area contributed by atoms with Crippen LogP contribution >= 0.6 is 15.9 Å². The van der Waals surface area contributed by atoms with E-state index in [4.69, 9.17) is 24.1 Å². The second kappa shape index (κ2) is 10.4. The number of aliphatic hydroxyl groups is 1. The third-order valence-corrected chi connectivity index (χ3v) is 5.62. The van der Waals surface area contributed by atoms with E-state index in [1.807, 2.05) is 48.5 Å². The predicted octanol–water partition coefficient (Wildman–Crippen LogP) is 5.30. The Morgan fingerprint density at radius 2 is 1.63 bits per heavy atom. The minimum atomic E-state index is -0.00302. The number of aliphatic hydroxyl groups excluding tert-OH is 1. The number of hydrogen-bond acceptors (Lipinski definition) is 5. The van der Waals surface area contributed by atoms with Crippen LogP contribution in [0, 0.1) is 0 Å². The Kier molecular flexibility index (Phi) is 7.60. The molecule has 0 saturated heterocycles. The van der Waals surface area contributed by atoms with Gasteiger partial charge in [0.2, 0.25) is 0 Å². The molecular weight excluding hydrogens is 448 g/mol. The van der Waals surface area contributed by atoms with Gasteiger partial charge in [0.05, 0.1) is 37.8 Å². The van der Waals surface area contributed by atoms with E-state index in [0.717, 1.165) is 26.4 Å². The lowest BCUT2D eigenvalue weighted by atomic mass is 10.0. The maximum Gasteiger partial charge on any atom is 0.168 e. The summed E-state index contributed by atoms with van der Waals surface area (Å²) in [5, 5.41) is 10.7. The van der Waals surface area contributed by atoms with Gasteiger partial charge in [-0.1, -0.05) is 42.5 Å². The Morgan fingerprint density at radius 1 is 0.900 bits per heavy atom. The fraction of sp³-hybridized carbons (Fsp3) is 0.250. The van der Waals surface area contributed by atoms with Gasteiger partial charge in [-0.2, -0.15) is 0 Å². The molecule has 0 spiro atoms. The number of halogens is 1. The van der Waals surface area contributed by atoms with E-state index >= 15 is 0 Å². The smallest absolute Gasteiger partial charge is 0.168 e. The van der Waals surface area contributed by atoms with Crippen molar-refractivity contribution in [1.29, 1.82) is 0 Å². The lowest BCUT2D eigenvalue weighted by molar-refractivity contribution is 0.303. The Morgan fingerprint density at radius 3 is 2.27 bits per heavy atom. The van der Waals surface area contributed by atoms with E-state index < -0.39 is 0 Å². The van der Waals surface area contributed by atoms with E-state index in [9.17, 15) is 0 Å². The number of allylic oxidation sites excluding steroid dienone is 1. The zero-order valence-corrected chi connectivity index (χ0v) is 18.9. The summed E-state index contributed by atoms with van der Waals surface area (Å²) in [6.07, 6.45) is 4.24. The monoisotopic (exact) mass is 472 g/mol. The van der Waals surface area contributed by atoms with E-state index in [2.05, 4.69) is 15.9 Å². The van der Waals surface area contributed by atoms with Gasteiger partial charge in [0, 0.05) is 11.5 Å². The average molecular weight is 473 g/mol. The molecule has 5 nitrogen and oxygen atoms in total. The highest BCUT2D eigenvalue weighted by molar-refractivity contribution is 9.10. The highest BCUT2D eigenvalue weighted by Gasteiger charge is 2.22. The van der Waals surface area contributed by atoms with Crippen molar-refractivity contribution in [2.24, 2.45) is 0 Å². The van der Waals surface area contributed by atoms with Crippen molar-refractivity contribution in [3.8, 4) is 23.0 Å². The molecule has 30 heavy (non-hydrogen) atoms. The molecule has 158 valence electrons. The van der Waals surface area contributed by atoms with Crippen molar-refractivity contribution in [2.45, 2.75) is 13.0 Å². The second-order valence-corrected chi connectivity index (χ2v) is 7.34. The van der Waals surface area contributed by atoms with Crippen LogP contribution in [0.15, 0.2) is 59.1 Å². The fourth-order valence-corrected chi connectivity index (χ4v) is 3.97. The standard InChI is InChI=1S/C24H25BrO5/c1-27-20-14-19(30-15-16-9-5-4-6-10-16)21-18(23(20)28-2)13-17(11-7-8-12-26)22(25)24(21)29-3/h4-10,13-14,26H,11-12,15H2,1-3H3/b8-7+. The molecule has 3 rings (SSSR count). The predicted molar refractivity (Wildman–Crippen MR) is 122 cm³/mol. The van der Waals surface area contributed by atoms with Gasteiger partial charge in [-0.05, 0) is 39.5 Å². The Bertz CT molecular complexity index is 1030. The van der Waals surface area contributed by atoms with Crippen molar-refractivity contribution in [2.75, 3.05) is 27.9 Å². The SMILES string of the molecule is COc1cc(OCc2ccccc2)c2c(OC)c(Br)c(C/C=C/CO)cc2c1OC. The lowest BCUT2D eigenvalue weighted by Gasteiger charge is -2.20. The summed E-state index contributed by atoms with van der Waals surface area (Å²) in [6, 6.07) is 13.8. The van der Waals surface area contributed by atoms with Crippen LogP contribution in [-0.4, -0.2) is 33.0 Å². The molecule has 0 amide bonds. The Hall–Kier alpha value is -2.70. The van der Waals surface area contributed by atoms with Crippen LogP contribution in [0.3, 0.4) is 0 Å². The van der Waals surface area contributed by atoms with E-state index in [0.29, 0.717) is 36.0 Å². The molecule has 0 aliphatic rings. The van der Waals surface area contributed by atoms with E-state index in [1.165, 1.54) is 0 Å². The average Bonchev–Trinajstić information content (AvgIpc) is 2.78. The molecule has 0 aliphatic heterocycles. The van der Waals surface area contributed by atoms with Gasteiger partial charge in [-0.15, -0.1) is 0 Å². The molecule has 3 aromatic rings. The van der Waals surface area contributed by atoms with Crippen molar-refractivity contribution < 1.29 is 24.1 Å². The molecule has 6 heteroatoms. The Balaban J connectivity index is 2.20. The van der Waals surface area contributed by atoms with Crippen molar-refractivity contribution in [3.05, 3.63) is 70.2 Å². The van der Waals surface area contributed by atoms with E-state index in [1.54, 1.807) is 27.4 Å². The van der Waals surface area contributed by atoms with Crippen molar-refractivity contribution >= 4 is 26.7 Å². The van der Waals surface area contributed by atoms with Gasteiger partial charge in [0.15, 0.2) is 11.5 Å². The van der Waals surface area contributed by atoms with Gasteiger partial charge >= 0.3 is 0 Å². The van der Waals surface area contributed by atoms with Crippen LogP contribution in [0.4, 0.5) is 0 Å². The summed E-state index contributed by atoms with van der Waals surface area (Å²) in [6.45, 7) is 0.407. The lowest BCUT2D eigenvalue weighted by Crippen LogP contribution is -2.01. The van der Waals surface area contributed by atoms with Crippen molar-refractivity contribution in [1.82, 2.24) is 0 Å². The van der Waals surface area contributed by atoms with Crippen LogP contribution in [0.1, 0.15) is 11.1 Å². The van der Waals surface area contributed by atoms with E-state index in [-0.39, 0.29) is 6.61 Å². The highest BCUT2D eigenvalue weighted by atomic mass is 79.9. The topological polar surface area (TPSA) is 57.2 Å². The van der Waals surface area contributed by atoms with Crippen LogP contribution < -0.4 is 18.9 Å². The van der Waals surface area contributed by atoms with Crippen molar-refractivity contribution in [3.63, 3.8) is 0 Å². The molecule has 0 radical (unpaired) electrons. The van der Waals surface area contributed by atoms with Crippen LogP contribution in [0.2, 0.25) is 0 Å². The molecule has 0 unspecified atom stereocenters. The molecule has 0 aliphatic carbocycles. The fourth-order valence-electron chi connectivity index (χ4n) is 3.34. The molecule has 0 heterocycles. The first-order valence-electron chi connectivity index (χ1n) is 9.51. The molecule has 0 fully saturated rings. The molecular formula is C24H25BrO5. The summed E-state index contributed by atoms with van der Waals surface area (Å²) in [5.74, 6) is 2.48. The van der Waals surface area contributed by atoms with Gasteiger partial charge < -0.3 is 24.1 Å². The largest absolute Gasteiger partial charge is 0.495 e. The minimum absolute atomic E-state index is 0.00302. The van der Waals surface area contributed by atoms with Crippen LogP contribution in [0.25, 0.3) is 10.8 Å². The molecule has 3 aromatic carbocycles. The van der Waals surface area contributed by atoms with Gasteiger partial charge in [0.1, 0.15) is 18.1 Å². The highest BCUT2D eigenvalue weighted by Crippen LogP contribution is 2.49. The summed E-state index contributed by atoms with van der Waals surface area (Å²) in [4.78, 5) is 0. The number of rotatable bonds is 9. The van der Waals surface area contributed by atoms with Gasteiger partial charge in [-0.25, -0.2) is 0 Å². The van der Waals surface area contributed by atoms with Gasteiger partial charge in [0.25, 0.3) is 0 Å². The first-order chi connectivity index (χ1) is 14.6. The minimum Gasteiger partial charge on any atom is -0.495 e. The van der Waals surface area contributed by atoms with Gasteiger partial charge in [-0.3, -0.25) is 0 Å². The number of fused-ring (bicyclic) bond motifs is 1. The number of methoxy groups -OCH3 is 3. The molecule has 0 bridgehead atoms. The quantitative estimate of drug-likeness (QED) is 0.428. The zero-order chi connectivity index (χ0) is 21.5. The second-order valence-electron chi connectivity index (χ2n) is 6.55. The summed E-state index contributed by atoms with van der Waals surface area (Å²) >= 11 is 3.68. The first-order valence-corrected chi connectivity index (χ1v) is 10.3. The first kappa shape index (κ1) is 22.0. The Labute approximate surface area is 185 Å². The third kappa shape index (κ3) is 4.55. The number of hydrogen-bond donors (Lipinski definition) is 1. The molecule has 0 aromatic heterocycles. The van der Waals surface area contributed by atoms with Crippen LogP contribution in [0.5, 0.6) is 23.0 Å². The maximum absolute atomic E-state index is 9.05. The van der Waals surface area contributed by atoms with Crippen LogP contribution in [-0.2, 0) is 13.0 Å². The number of ether oxygens (including phenoxy) is 4. The maximum atomic E-state index is 9.05. The number of benzene rings is 3. The molecule has 0 atom stereocenters. The summed E-state index contributed by atoms with van der Waals surface area (Å²) in [5.41, 5.74) is 2.05. The third-order valence-electron chi connectivity index (χ3n) is 4.75. The summed E-state index contributed by atoms with van der Waals surface area (Å²) < 4.78 is 24.1. The summed E-state index contributed by atoms with van der Waals surface area (Å²) in [7, 11) is 4.85. The zero-order valence-electron chi connectivity index (χ0n) is 17.3. The molecule has 1 N–H and O–H groups in total. The molecule has 0 saturated carbocycles. The normalized spacial score (nSPS) is 11.1.